The number of benzene rings is 1. The van der Waals surface area contributed by atoms with Crippen LogP contribution in [0.2, 0.25) is 0 Å². The van der Waals surface area contributed by atoms with E-state index in [9.17, 15) is 13.6 Å². The van der Waals surface area contributed by atoms with E-state index in [1.54, 1.807) is 24.4 Å². The van der Waals surface area contributed by atoms with E-state index in [-0.39, 0.29) is 11.5 Å². The van der Waals surface area contributed by atoms with Crippen molar-refractivity contribution in [3.8, 4) is 11.5 Å². The second-order valence-electron chi connectivity index (χ2n) is 4.77. The average molecular weight is 334 g/mol. The maximum absolute atomic E-state index is 12.6. The monoisotopic (exact) mass is 334 g/mol. The lowest BCUT2D eigenvalue weighted by Crippen LogP contribution is -2.09. The van der Waals surface area contributed by atoms with Gasteiger partial charge in [0.25, 0.3) is 0 Å². The number of rotatable bonds is 6. The first kappa shape index (κ1) is 17.4. The number of carbonyl (C=O) groups excluding carboxylic acids is 1. The number of alkyl halides is 2. The van der Waals surface area contributed by atoms with Crippen molar-refractivity contribution in [1.82, 2.24) is 4.98 Å². The average Bonchev–Trinajstić information content (AvgIpc) is 2.55. The maximum Gasteiger partial charge on any atom is 0.387 e. The Hall–Kier alpha value is -2.96. The Bertz CT molecular complexity index is 748. The zero-order valence-electron chi connectivity index (χ0n) is 13.1. The molecule has 126 valence electrons. The van der Waals surface area contributed by atoms with Crippen LogP contribution in [0.15, 0.2) is 42.7 Å². The number of methoxy groups -OCH3 is 1. The third kappa shape index (κ3) is 4.52. The Labute approximate surface area is 137 Å². The lowest BCUT2D eigenvalue weighted by atomic mass is 10.1. The first-order chi connectivity index (χ1) is 11.5. The second kappa shape index (κ2) is 8.05. The van der Waals surface area contributed by atoms with Crippen molar-refractivity contribution in [1.29, 1.82) is 0 Å². The fraction of sp³-hybridized carbons (Fsp3) is 0.176. The summed E-state index contributed by atoms with van der Waals surface area (Å²) in [5, 5.41) is 2.66. The second-order valence-corrected chi connectivity index (χ2v) is 4.77. The van der Waals surface area contributed by atoms with Crippen LogP contribution in [-0.4, -0.2) is 24.6 Å². The fourth-order valence-electron chi connectivity index (χ4n) is 1.97. The minimum atomic E-state index is -3.00. The fourth-order valence-corrected chi connectivity index (χ4v) is 1.97. The molecular formula is C17H16F2N2O3. The first-order valence-corrected chi connectivity index (χ1v) is 7.02. The van der Waals surface area contributed by atoms with Gasteiger partial charge in [-0.1, -0.05) is 12.1 Å². The number of pyridine rings is 1. The Balaban J connectivity index is 2.19. The number of anilines is 1. The quantitative estimate of drug-likeness (QED) is 0.819. The standard InChI is InChI=1S/C17H16F2N2O3/c1-11-8-9-20-10-13(11)21-15(22)7-6-12-4-3-5-14(23-2)16(12)24-17(18)19/h3-10,17H,1-2H3,(H,21,22)/b7-6+. The predicted molar refractivity (Wildman–Crippen MR) is 86.3 cm³/mol. The number of para-hydroxylation sites is 1. The largest absolute Gasteiger partial charge is 0.493 e. The summed E-state index contributed by atoms with van der Waals surface area (Å²) in [7, 11) is 1.35. The van der Waals surface area contributed by atoms with Crippen LogP contribution in [0.1, 0.15) is 11.1 Å². The van der Waals surface area contributed by atoms with Gasteiger partial charge in [-0.2, -0.15) is 8.78 Å². The van der Waals surface area contributed by atoms with Crippen LogP contribution in [0.4, 0.5) is 14.5 Å². The van der Waals surface area contributed by atoms with Crippen molar-refractivity contribution in [2.75, 3.05) is 12.4 Å². The van der Waals surface area contributed by atoms with Gasteiger partial charge < -0.3 is 14.8 Å². The van der Waals surface area contributed by atoms with Crippen LogP contribution in [-0.2, 0) is 4.79 Å². The molecule has 1 aromatic carbocycles. The first-order valence-electron chi connectivity index (χ1n) is 7.02. The summed E-state index contributed by atoms with van der Waals surface area (Å²) in [6.45, 7) is -1.17. The maximum atomic E-state index is 12.6. The van der Waals surface area contributed by atoms with Gasteiger partial charge in [0, 0.05) is 17.8 Å². The molecule has 0 bridgehead atoms. The number of hydrogen-bond donors (Lipinski definition) is 1. The normalized spacial score (nSPS) is 10.9. The van der Waals surface area contributed by atoms with Gasteiger partial charge >= 0.3 is 6.61 Å². The summed E-state index contributed by atoms with van der Waals surface area (Å²) in [6.07, 6.45) is 5.74. The van der Waals surface area contributed by atoms with Crippen LogP contribution < -0.4 is 14.8 Å². The Morgan fingerprint density at radius 3 is 2.79 bits per heavy atom. The molecule has 1 amide bonds. The molecule has 2 aromatic rings. The van der Waals surface area contributed by atoms with Crippen LogP contribution in [0, 0.1) is 6.92 Å². The van der Waals surface area contributed by atoms with E-state index in [4.69, 9.17) is 4.74 Å². The summed E-state index contributed by atoms with van der Waals surface area (Å²) < 4.78 is 34.6. The van der Waals surface area contributed by atoms with E-state index in [1.807, 2.05) is 6.92 Å². The SMILES string of the molecule is COc1cccc(/C=C/C(=O)Nc2cnccc2C)c1OC(F)F. The highest BCUT2D eigenvalue weighted by atomic mass is 19.3. The van der Waals surface area contributed by atoms with Crippen LogP contribution in [0.25, 0.3) is 6.08 Å². The van der Waals surface area contributed by atoms with E-state index >= 15 is 0 Å². The highest BCUT2D eigenvalue weighted by molar-refractivity contribution is 6.02. The topological polar surface area (TPSA) is 60.5 Å². The molecule has 1 aromatic heterocycles. The summed E-state index contributed by atoms with van der Waals surface area (Å²) >= 11 is 0. The zero-order chi connectivity index (χ0) is 17.5. The number of nitrogens with zero attached hydrogens (tertiary/aromatic N) is 1. The molecule has 0 saturated heterocycles. The number of amides is 1. The molecular weight excluding hydrogens is 318 g/mol. The van der Waals surface area contributed by atoms with Crippen molar-refractivity contribution in [3.05, 3.63) is 53.9 Å². The zero-order valence-corrected chi connectivity index (χ0v) is 13.1. The number of aryl methyl sites for hydroxylation is 1. The molecule has 0 aliphatic carbocycles. The van der Waals surface area contributed by atoms with Crippen molar-refractivity contribution in [3.63, 3.8) is 0 Å². The molecule has 2 rings (SSSR count). The Morgan fingerprint density at radius 1 is 1.33 bits per heavy atom. The summed E-state index contributed by atoms with van der Waals surface area (Å²) in [4.78, 5) is 15.9. The summed E-state index contributed by atoms with van der Waals surface area (Å²) in [6, 6.07) is 6.41. The van der Waals surface area contributed by atoms with E-state index < -0.39 is 12.5 Å². The van der Waals surface area contributed by atoms with Gasteiger partial charge in [-0.3, -0.25) is 9.78 Å². The molecule has 0 aliphatic rings. The van der Waals surface area contributed by atoms with E-state index in [2.05, 4.69) is 15.0 Å². The molecule has 0 spiro atoms. The van der Waals surface area contributed by atoms with Gasteiger partial charge in [0.15, 0.2) is 11.5 Å². The van der Waals surface area contributed by atoms with E-state index in [1.165, 1.54) is 31.5 Å². The van der Waals surface area contributed by atoms with Gasteiger partial charge in [-0.05, 0) is 30.7 Å². The number of ether oxygens (including phenoxy) is 2. The lowest BCUT2D eigenvalue weighted by Gasteiger charge is -2.12. The van der Waals surface area contributed by atoms with E-state index in [0.29, 0.717) is 11.3 Å². The highest BCUT2D eigenvalue weighted by Gasteiger charge is 2.14. The number of aromatic nitrogens is 1. The number of hydrogen-bond acceptors (Lipinski definition) is 4. The predicted octanol–water partition coefficient (Wildman–Crippen LogP) is 3.65. The Kier molecular flexibility index (Phi) is 5.83. The number of nitrogens with one attached hydrogen (secondary N) is 1. The Morgan fingerprint density at radius 2 is 2.12 bits per heavy atom. The molecule has 5 nitrogen and oxygen atoms in total. The van der Waals surface area contributed by atoms with E-state index in [0.717, 1.165) is 5.56 Å². The van der Waals surface area contributed by atoms with Gasteiger partial charge in [0.05, 0.1) is 19.0 Å². The third-order valence-corrected chi connectivity index (χ3v) is 3.15. The van der Waals surface area contributed by atoms with Crippen LogP contribution in [0.5, 0.6) is 11.5 Å². The summed E-state index contributed by atoms with van der Waals surface area (Å²) in [5.41, 5.74) is 1.73. The molecule has 1 heterocycles. The molecule has 0 aliphatic heterocycles. The minimum Gasteiger partial charge on any atom is -0.493 e. The molecule has 0 unspecified atom stereocenters. The van der Waals surface area contributed by atoms with Gasteiger partial charge in [0.2, 0.25) is 5.91 Å². The highest BCUT2D eigenvalue weighted by Crippen LogP contribution is 2.33. The third-order valence-electron chi connectivity index (χ3n) is 3.15. The molecule has 7 heteroatoms. The minimum absolute atomic E-state index is 0.128. The molecule has 0 saturated carbocycles. The number of halogens is 2. The molecule has 1 N–H and O–H groups in total. The molecule has 24 heavy (non-hydrogen) atoms. The van der Waals surface area contributed by atoms with Crippen molar-refractivity contribution >= 4 is 17.7 Å². The van der Waals surface area contributed by atoms with Gasteiger partial charge in [-0.25, -0.2) is 0 Å². The smallest absolute Gasteiger partial charge is 0.387 e. The number of carbonyl (C=O) groups is 1. The van der Waals surface area contributed by atoms with Crippen LogP contribution >= 0.6 is 0 Å². The van der Waals surface area contributed by atoms with Crippen LogP contribution in [0.3, 0.4) is 0 Å². The lowest BCUT2D eigenvalue weighted by molar-refractivity contribution is -0.111. The molecule has 0 radical (unpaired) electrons. The molecule has 0 atom stereocenters. The van der Waals surface area contributed by atoms with Crippen molar-refractivity contribution in [2.24, 2.45) is 0 Å². The summed E-state index contributed by atoms with van der Waals surface area (Å²) in [5.74, 6) is -0.394. The van der Waals surface area contributed by atoms with Gasteiger partial charge in [-0.15, -0.1) is 0 Å². The van der Waals surface area contributed by atoms with Gasteiger partial charge in [0.1, 0.15) is 0 Å². The van der Waals surface area contributed by atoms with Crippen molar-refractivity contribution < 1.29 is 23.0 Å². The molecule has 0 fully saturated rings. The van der Waals surface area contributed by atoms with Crippen molar-refractivity contribution in [2.45, 2.75) is 13.5 Å².